The summed E-state index contributed by atoms with van der Waals surface area (Å²) in [6, 6.07) is 104. The number of fused-ring (bicyclic) bond motifs is 5. The number of hydrogen-bond donors (Lipinski definition) is 0. The van der Waals surface area contributed by atoms with Gasteiger partial charge in [0.2, 0.25) is 0 Å². The molecule has 0 radical (unpaired) electrons. The number of nitrogens with zero attached hydrogens (tertiary/aromatic N) is 3. The Kier molecular flexibility index (Phi) is 11.1. The highest BCUT2D eigenvalue weighted by Gasteiger charge is 2.23. The Morgan fingerprint density at radius 2 is 0.611 bits per heavy atom. The van der Waals surface area contributed by atoms with Gasteiger partial charge in [0.05, 0.1) is 17.1 Å². The van der Waals surface area contributed by atoms with Crippen molar-refractivity contribution in [3.63, 3.8) is 0 Å². The Labute approximate surface area is 424 Å². The van der Waals surface area contributed by atoms with Crippen molar-refractivity contribution < 1.29 is 0 Å². The summed E-state index contributed by atoms with van der Waals surface area (Å²) >= 11 is 1.87. The molecule has 0 aliphatic heterocycles. The minimum atomic E-state index is 1.01. The SMILES string of the molecule is c1ccc(-c2ccc(N(c3ccc(-c4cccc5c4sc4ccccc45)cc3)c3cc(N(c4ccccc4)c4ccc5ccccc5c4)cc(N(c4ccccc4)c4ccc5ccccc5c4)c3)cc2)cc1. The lowest BCUT2D eigenvalue weighted by Crippen LogP contribution is -2.16. The van der Waals surface area contributed by atoms with Crippen LogP contribution in [0.5, 0.6) is 0 Å². The first kappa shape index (κ1) is 42.8. The molecular weight excluding hydrogens is 891 g/mol. The third-order valence-electron chi connectivity index (χ3n) is 13.7. The van der Waals surface area contributed by atoms with Gasteiger partial charge < -0.3 is 14.7 Å². The van der Waals surface area contributed by atoms with E-state index in [1.165, 1.54) is 64.0 Å². The molecule has 12 aromatic carbocycles. The van der Waals surface area contributed by atoms with E-state index < -0.39 is 0 Å². The molecule has 0 atom stereocenters. The number of rotatable bonds is 11. The van der Waals surface area contributed by atoms with Crippen LogP contribution in [-0.4, -0.2) is 0 Å². The monoisotopic (exact) mass is 937 g/mol. The van der Waals surface area contributed by atoms with Gasteiger partial charge in [0.15, 0.2) is 0 Å². The Balaban J connectivity index is 1.05. The summed E-state index contributed by atoms with van der Waals surface area (Å²) in [5.74, 6) is 0. The second-order valence-corrected chi connectivity index (χ2v) is 19.2. The average molecular weight is 938 g/mol. The maximum atomic E-state index is 2.42. The van der Waals surface area contributed by atoms with Crippen molar-refractivity contribution in [1.82, 2.24) is 0 Å². The predicted octanol–water partition coefficient (Wildman–Crippen LogP) is 20.1. The molecule has 0 aliphatic rings. The second-order valence-electron chi connectivity index (χ2n) is 18.2. The Bertz CT molecular complexity index is 3900. The first-order chi connectivity index (χ1) is 35.7. The molecule has 13 aromatic rings. The molecule has 0 saturated carbocycles. The van der Waals surface area contributed by atoms with Crippen LogP contribution in [0.2, 0.25) is 0 Å². The van der Waals surface area contributed by atoms with E-state index in [0.717, 1.165) is 51.2 Å². The fourth-order valence-corrected chi connectivity index (χ4v) is 11.5. The van der Waals surface area contributed by atoms with Gasteiger partial charge in [-0.1, -0.05) is 188 Å². The van der Waals surface area contributed by atoms with Gasteiger partial charge in [0.1, 0.15) is 0 Å². The van der Waals surface area contributed by atoms with Crippen LogP contribution in [-0.2, 0) is 0 Å². The van der Waals surface area contributed by atoms with E-state index >= 15 is 0 Å². The van der Waals surface area contributed by atoms with E-state index in [-0.39, 0.29) is 0 Å². The first-order valence-corrected chi connectivity index (χ1v) is 25.3. The number of benzene rings is 12. The van der Waals surface area contributed by atoms with E-state index in [0.29, 0.717) is 0 Å². The fraction of sp³-hybridized carbons (Fsp3) is 0. The lowest BCUT2D eigenvalue weighted by atomic mass is 10.0. The standard InChI is InChI=1S/C68H47N3S/c1-4-17-48(18-5-1)51-31-37-57(38-32-51)69(58-39-35-52(36-40-58)64-28-16-29-66-65-27-14-15-30-67(65)72-68(64)66)61-45-62(70(55-23-6-2-7-24-55)59-41-33-49-19-10-12-21-53(49)43-59)47-63(46-61)71(56-25-8-3-9-26-56)60-42-34-50-20-11-13-22-54(50)44-60/h1-47H. The van der Waals surface area contributed by atoms with Crippen molar-refractivity contribution in [2.75, 3.05) is 14.7 Å². The molecule has 1 heterocycles. The summed E-state index contributed by atoms with van der Waals surface area (Å²) in [6.07, 6.45) is 0. The van der Waals surface area contributed by atoms with Gasteiger partial charge in [-0.25, -0.2) is 0 Å². The van der Waals surface area contributed by atoms with Gasteiger partial charge >= 0.3 is 0 Å². The summed E-state index contributed by atoms with van der Waals surface area (Å²) in [4.78, 5) is 7.21. The van der Waals surface area contributed by atoms with E-state index in [2.05, 4.69) is 300 Å². The molecule has 340 valence electrons. The second kappa shape index (κ2) is 18.6. The lowest BCUT2D eigenvalue weighted by Gasteiger charge is -2.33. The summed E-state index contributed by atoms with van der Waals surface area (Å²) in [6.45, 7) is 0. The van der Waals surface area contributed by atoms with Gasteiger partial charge in [-0.05, 0) is 141 Å². The largest absolute Gasteiger partial charge is 0.310 e. The molecular formula is C68H47N3S. The third kappa shape index (κ3) is 8.10. The van der Waals surface area contributed by atoms with Crippen molar-refractivity contribution >= 4 is 104 Å². The Hall–Kier alpha value is -9.22. The minimum absolute atomic E-state index is 1.01. The van der Waals surface area contributed by atoms with Gasteiger partial charge in [-0.2, -0.15) is 0 Å². The highest BCUT2D eigenvalue weighted by Crippen LogP contribution is 2.48. The molecule has 0 amide bonds. The van der Waals surface area contributed by atoms with E-state index in [9.17, 15) is 0 Å². The van der Waals surface area contributed by atoms with Crippen molar-refractivity contribution in [2.24, 2.45) is 0 Å². The number of anilines is 9. The van der Waals surface area contributed by atoms with Crippen molar-refractivity contribution in [3.05, 3.63) is 285 Å². The van der Waals surface area contributed by atoms with Crippen LogP contribution >= 0.6 is 11.3 Å². The molecule has 0 unspecified atom stereocenters. The molecule has 0 aliphatic carbocycles. The lowest BCUT2D eigenvalue weighted by molar-refractivity contribution is 1.22. The van der Waals surface area contributed by atoms with Crippen LogP contribution in [0, 0.1) is 0 Å². The molecule has 1 aromatic heterocycles. The highest BCUT2D eigenvalue weighted by atomic mass is 32.1. The van der Waals surface area contributed by atoms with E-state index in [1.54, 1.807) is 0 Å². The molecule has 0 bridgehead atoms. The molecule has 72 heavy (non-hydrogen) atoms. The summed E-state index contributed by atoms with van der Waals surface area (Å²) in [5.41, 5.74) is 14.2. The zero-order valence-corrected chi connectivity index (χ0v) is 40.2. The maximum Gasteiger partial charge on any atom is 0.0503 e. The van der Waals surface area contributed by atoms with Gasteiger partial charge in [-0.3, -0.25) is 0 Å². The van der Waals surface area contributed by atoms with Crippen LogP contribution in [0.15, 0.2) is 285 Å². The number of para-hydroxylation sites is 2. The predicted molar refractivity (Wildman–Crippen MR) is 309 cm³/mol. The number of hydrogen-bond acceptors (Lipinski definition) is 4. The normalized spacial score (nSPS) is 11.3. The zero-order chi connectivity index (χ0) is 47.8. The Morgan fingerprint density at radius 3 is 1.15 bits per heavy atom. The molecule has 0 fully saturated rings. The average Bonchev–Trinajstić information content (AvgIpc) is 3.84. The van der Waals surface area contributed by atoms with E-state index in [4.69, 9.17) is 0 Å². The van der Waals surface area contributed by atoms with Crippen molar-refractivity contribution in [1.29, 1.82) is 0 Å². The Morgan fingerprint density at radius 1 is 0.222 bits per heavy atom. The van der Waals surface area contributed by atoms with Crippen molar-refractivity contribution in [2.45, 2.75) is 0 Å². The molecule has 3 nitrogen and oxygen atoms in total. The van der Waals surface area contributed by atoms with Gasteiger partial charge in [0, 0.05) is 54.3 Å². The molecule has 0 N–H and O–H groups in total. The molecule has 13 rings (SSSR count). The highest BCUT2D eigenvalue weighted by molar-refractivity contribution is 7.26. The topological polar surface area (TPSA) is 9.72 Å². The van der Waals surface area contributed by atoms with Gasteiger partial charge in [-0.15, -0.1) is 11.3 Å². The number of thiophene rings is 1. The van der Waals surface area contributed by atoms with Crippen molar-refractivity contribution in [3.8, 4) is 22.3 Å². The van der Waals surface area contributed by atoms with Crippen LogP contribution in [0.3, 0.4) is 0 Å². The van der Waals surface area contributed by atoms with Crippen LogP contribution in [0.25, 0.3) is 64.0 Å². The quantitative estimate of drug-likeness (QED) is 0.128. The van der Waals surface area contributed by atoms with Crippen LogP contribution in [0.4, 0.5) is 51.2 Å². The van der Waals surface area contributed by atoms with Crippen LogP contribution < -0.4 is 14.7 Å². The van der Waals surface area contributed by atoms with Crippen LogP contribution in [0.1, 0.15) is 0 Å². The molecule has 0 spiro atoms. The summed E-state index contributed by atoms with van der Waals surface area (Å²) < 4.78 is 2.61. The molecule has 4 heteroatoms. The summed E-state index contributed by atoms with van der Waals surface area (Å²) in [7, 11) is 0. The van der Waals surface area contributed by atoms with Gasteiger partial charge in [0.25, 0.3) is 0 Å². The zero-order valence-electron chi connectivity index (χ0n) is 39.4. The van der Waals surface area contributed by atoms with E-state index in [1.807, 2.05) is 11.3 Å². The fourth-order valence-electron chi connectivity index (χ4n) is 10.3. The first-order valence-electron chi connectivity index (χ1n) is 24.5. The smallest absolute Gasteiger partial charge is 0.0503 e. The minimum Gasteiger partial charge on any atom is -0.310 e. The molecule has 0 saturated heterocycles. The summed E-state index contributed by atoms with van der Waals surface area (Å²) in [5, 5.41) is 7.37. The third-order valence-corrected chi connectivity index (χ3v) is 15.0. The maximum absolute atomic E-state index is 2.42.